The van der Waals surface area contributed by atoms with E-state index in [4.69, 9.17) is 0 Å². The predicted octanol–water partition coefficient (Wildman–Crippen LogP) is 2.87. The molecule has 2 N–H and O–H groups in total. The molecule has 4 nitrogen and oxygen atoms in total. The number of amides is 1. The minimum absolute atomic E-state index is 0.0761. The highest BCUT2D eigenvalue weighted by atomic mass is 16.1. The van der Waals surface area contributed by atoms with Gasteiger partial charge in [0.25, 0.3) is 5.91 Å². The molecule has 2 heterocycles. The molecule has 4 heteroatoms. The van der Waals surface area contributed by atoms with E-state index in [1.165, 1.54) is 35.0 Å². The Morgan fingerprint density at radius 2 is 2.00 bits per heavy atom. The van der Waals surface area contributed by atoms with Gasteiger partial charge < -0.3 is 15.2 Å². The molecule has 1 aliphatic heterocycles. The number of aryl methyl sites for hydroxylation is 2. The smallest absolute Gasteiger partial charge is 0.251 e. The lowest BCUT2D eigenvalue weighted by Gasteiger charge is -2.29. The molecule has 1 fully saturated rings. The molecular weight excluding hydrogens is 286 g/mol. The summed E-state index contributed by atoms with van der Waals surface area (Å²) in [5, 5.41) is 4.46. The van der Waals surface area contributed by atoms with Crippen molar-refractivity contribution in [1.29, 1.82) is 0 Å². The van der Waals surface area contributed by atoms with E-state index < -0.39 is 0 Å². The summed E-state index contributed by atoms with van der Waals surface area (Å²) < 4.78 is 0. The summed E-state index contributed by atoms with van der Waals surface area (Å²) in [7, 11) is 2.14. The van der Waals surface area contributed by atoms with Crippen LogP contribution in [-0.4, -0.2) is 42.0 Å². The molecule has 0 unspecified atom stereocenters. The Bertz CT molecular complexity index is 726. The lowest BCUT2D eigenvalue weighted by molar-refractivity contribution is 0.0917. The Morgan fingerprint density at radius 1 is 1.22 bits per heavy atom. The highest BCUT2D eigenvalue weighted by Gasteiger charge is 2.20. The van der Waals surface area contributed by atoms with Gasteiger partial charge in [0, 0.05) is 28.2 Å². The molecule has 1 amide bonds. The van der Waals surface area contributed by atoms with E-state index in [-0.39, 0.29) is 5.91 Å². The summed E-state index contributed by atoms with van der Waals surface area (Å²) in [6.07, 6.45) is 6.89. The highest BCUT2D eigenvalue weighted by molar-refractivity contribution is 5.99. The molecule has 1 aromatic carbocycles. The van der Waals surface area contributed by atoms with Crippen LogP contribution in [0.2, 0.25) is 0 Å². The van der Waals surface area contributed by atoms with Crippen molar-refractivity contribution in [3.63, 3.8) is 0 Å². The van der Waals surface area contributed by atoms with Gasteiger partial charge in [0.1, 0.15) is 0 Å². The zero-order valence-electron chi connectivity index (χ0n) is 13.8. The molecule has 1 aromatic heterocycles. The van der Waals surface area contributed by atoms with Gasteiger partial charge in [-0.15, -0.1) is 0 Å². The maximum atomic E-state index is 12.6. The van der Waals surface area contributed by atoms with Crippen molar-refractivity contribution in [1.82, 2.24) is 15.2 Å². The third-order valence-electron chi connectivity index (χ3n) is 5.41. The van der Waals surface area contributed by atoms with Crippen molar-refractivity contribution in [2.45, 2.75) is 44.6 Å². The van der Waals surface area contributed by atoms with Crippen LogP contribution in [0.15, 0.2) is 18.2 Å². The molecular formula is C19H25N3O. The van der Waals surface area contributed by atoms with Gasteiger partial charge in [0.15, 0.2) is 0 Å². The van der Waals surface area contributed by atoms with E-state index in [9.17, 15) is 4.79 Å². The van der Waals surface area contributed by atoms with Gasteiger partial charge >= 0.3 is 0 Å². The molecule has 23 heavy (non-hydrogen) atoms. The maximum Gasteiger partial charge on any atom is 0.251 e. The molecule has 2 aromatic rings. The van der Waals surface area contributed by atoms with Crippen LogP contribution in [0.4, 0.5) is 0 Å². The van der Waals surface area contributed by atoms with E-state index in [1.54, 1.807) is 0 Å². The second-order valence-corrected chi connectivity index (χ2v) is 7.10. The Balaban J connectivity index is 1.55. The Hall–Kier alpha value is -1.81. The first-order chi connectivity index (χ1) is 11.2. The number of nitrogens with one attached hydrogen (secondary N) is 2. The molecule has 1 aliphatic carbocycles. The number of fused-ring (bicyclic) bond motifs is 3. The van der Waals surface area contributed by atoms with Gasteiger partial charge in [-0.2, -0.15) is 0 Å². The third-order valence-corrected chi connectivity index (χ3v) is 5.41. The van der Waals surface area contributed by atoms with Crippen LogP contribution < -0.4 is 5.32 Å². The van der Waals surface area contributed by atoms with E-state index in [0.29, 0.717) is 6.04 Å². The number of aromatic nitrogens is 1. The van der Waals surface area contributed by atoms with Crippen molar-refractivity contribution in [2.75, 3.05) is 20.1 Å². The van der Waals surface area contributed by atoms with Gasteiger partial charge in [-0.1, -0.05) is 0 Å². The fraction of sp³-hybridized carbons (Fsp3) is 0.526. The number of piperidine rings is 1. The molecule has 0 radical (unpaired) electrons. The van der Waals surface area contributed by atoms with Gasteiger partial charge in [0.05, 0.1) is 0 Å². The van der Waals surface area contributed by atoms with Gasteiger partial charge in [-0.3, -0.25) is 4.79 Å². The van der Waals surface area contributed by atoms with E-state index >= 15 is 0 Å². The summed E-state index contributed by atoms with van der Waals surface area (Å²) in [5.74, 6) is 0.0761. The quantitative estimate of drug-likeness (QED) is 0.896. The second-order valence-electron chi connectivity index (χ2n) is 7.10. The summed E-state index contributed by atoms with van der Waals surface area (Å²) >= 11 is 0. The molecule has 0 saturated carbocycles. The minimum Gasteiger partial charge on any atom is -0.358 e. The Labute approximate surface area is 137 Å². The molecule has 0 bridgehead atoms. The van der Waals surface area contributed by atoms with Crippen LogP contribution in [0.3, 0.4) is 0 Å². The molecule has 4 rings (SSSR count). The zero-order valence-corrected chi connectivity index (χ0v) is 13.8. The fourth-order valence-corrected chi connectivity index (χ4v) is 3.97. The monoisotopic (exact) mass is 311 g/mol. The number of hydrogen-bond donors (Lipinski definition) is 2. The van der Waals surface area contributed by atoms with Crippen molar-refractivity contribution < 1.29 is 4.79 Å². The lowest BCUT2D eigenvalue weighted by Crippen LogP contribution is -2.43. The van der Waals surface area contributed by atoms with E-state index in [2.05, 4.69) is 34.4 Å². The normalized spacial score (nSPS) is 19.7. The highest BCUT2D eigenvalue weighted by Crippen LogP contribution is 2.29. The summed E-state index contributed by atoms with van der Waals surface area (Å²) in [4.78, 5) is 18.4. The van der Waals surface area contributed by atoms with Crippen LogP contribution in [0.5, 0.6) is 0 Å². The standard InChI is InChI=1S/C19H25N3O/c1-22-10-8-14(9-11-22)20-19(23)13-6-7-18-16(12-13)15-4-2-3-5-17(15)21-18/h6-7,12,14,21H,2-5,8-11H2,1H3,(H,20,23). The Kier molecular flexibility index (Phi) is 3.85. The number of rotatable bonds is 2. The van der Waals surface area contributed by atoms with Gasteiger partial charge in [-0.05, 0) is 82.4 Å². The topological polar surface area (TPSA) is 48.1 Å². The first-order valence-corrected chi connectivity index (χ1v) is 8.83. The van der Waals surface area contributed by atoms with Gasteiger partial charge in [-0.25, -0.2) is 0 Å². The van der Waals surface area contributed by atoms with E-state index in [0.717, 1.165) is 44.3 Å². The number of carbonyl (C=O) groups excluding carboxylic acids is 1. The van der Waals surface area contributed by atoms with Crippen molar-refractivity contribution in [3.05, 3.63) is 35.0 Å². The Morgan fingerprint density at radius 3 is 2.83 bits per heavy atom. The van der Waals surface area contributed by atoms with E-state index in [1.807, 2.05) is 6.07 Å². The number of H-pyrrole nitrogens is 1. The van der Waals surface area contributed by atoms with Crippen LogP contribution in [0.25, 0.3) is 10.9 Å². The van der Waals surface area contributed by atoms with Crippen LogP contribution >= 0.6 is 0 Å². The first-order valence-electron chi connectivity index (χ1n) is 8.83. The molecule has 0 spiro atoms. The zero-order chi connectivity index (χ0) is 15.8. The number of likely N-dealkylation sites (tertiary alicyclic amines) is 1. The molecule has 122 valence electrons. The minimum atomic E-state index is 0.0761. The average molecular weight is 311 g/mol. The van der Waals surface area contributed by atoms with Crippen LogP contribution in [-0.2, 0) is 12.8 Å². The van der Waals surface area contributed by atoms with Crippen LogP contribution in [0, 0.1) is 0 Å². The first kappa shape index (κ1) is 14.8. The summed E-state index contributed by atoms with van der Waals surface area (Å²) in [5.41, 5.74) is 4.77. The van der Waals surface area contributed by atoms with Crippen molar-refractivity contribution >= 4 is 16.8 Å². The van der Waals surface area contributed by atoms with Crippen molar-refractivity contribution in [3.8, 4) is 0 Å². The van der Waals surface area contributed by atoms with Crippen molar-refractivity contribution in [2.24, 2.45) is 0 Å². The summed E-state index contributed by atoms with van der Waals surface area (Å²) in [6.45, 7) is 2.13. The summed E-state index contributed by atoms with van der Waals surface area (Å²) in [6, 6.07) is 6.42. The molecule has 1 saturated heterocycles. The largest absolute Gasteiger partial charge is 0.358 e. The number of aromatic amines is 1. The fourth-order valence-electron chi connectivity index (χ4n) is 3.97. The third kappa shape index (κ3) is 2.88. The molecule has 2 aliphatic rings. The second kappa shape index (κ2) is 6.00. The van der Waals surface area contributed by atoms with Gasteiger partial charge in [0.2, 0.25) is 0 Å². The number of hydrogen-bond acceptors (Lipinski definition) is 2. The maximum absolute atomic E-state index is 12.6. The number of benzene rings is 1. The predicted molar refractivity (Wildman–Crippen MR) is 92.9 cm³/mol. The SMILES string of the molecule is CN1CCC(NC(=O)c2ccc3[nH]c4c(c3c2)CCCC4)CC1. The number of carbonyl (C=O) groups is 1. The lowest BCUT2D eigenvalue weighted by atomic mass is 9.95. The number of nitrogens with zero attached hydrogens (tertiary/aromatic N) is 1. The average Bonchev–Trinajstić information content (AvgIpc) is 2.94. The van der Waals surface area contributed by atoms with Crippen LogP contribution in [0.1, 0.15) is 47.3 Å². The molecule has 0 atom stereocenters.